The fourth-order valence-corrected chi connectivity index (χ4v) is 4.62. The molecule has 1 saturated heterocycles. The van der Waals surface area contributed by atoms with E-state index in [0.717, 1.165) is 44.5 Å². The van der Waals surface area contributed by atoms with Gasteiger partial charge >= 0.3 is 0 Å². The smallest absolute Gasteiger partial charge is 0.123 e. The number of rotatable bonds is 4. The van der Waals surface area contributed by atoms with E-state index in [0.29, 0.717) is 5.92 Å². The molecule has 4 rings (SSSR count). The number of hydrogen-bond donors (Lipinski definition) is 1. The topological polar surface area (TPSA) is 23.5 Å². The summed E-state index contributed by atoms with van der Waals surface area (Å²) in [6.07, 6.45) is 3.27. The fourth-order valence-electron chi connectivity index (χ4n) is 4.62. The van der Waals surface area contributed by atoms with Crippen LogP contribution in [0.1, 0.15) is 30.4 Å². The normalized spacial score (nSPS) is 18.4. The quantitative estimate of drug-likeness (QED) is 0.915. The Hall–Kier alpha value is -1.97. The number of β-amino-alcohol motifs (C(OH)–C–C–N with tert-alkyl or cyclic N) is 1. The molecule has 2 aromatic carbocycles. The zero-order valence-corrected chi connectivity index (χ0v) is 15.3. The van der Waals surface area contributed by atoms with Crippen molar-refractivity contribution >= 4 is 11.1 Å². The molecule has 0 atom stereocenters. The molecule has 0 bridgehead atoms. The molecule has 1 fully saturated rings. The molecule has 3 heteroatoms. The third-order valence-corrected chi connectivity index (χ3v) is 5.98. The lowest BCUT2D eigenvalue weighted by Crippen LogP contribution is -2.37. The average Bonchev–Trinajstić information content (AvgIpc) is 3.04. The van der Waals surface area contributed by atoms with E-state index in [1.54, 1.807) is 17.7 Å². The van der Waals surface area contributed by atoms with Crippen molar-refractivity contribution in [2.24, 2.45) is 5.92 Å². The van der Waals surface area contributed by atoms with E-state index in [1.165, 1.54) is 21.6 Å². The van der Waals surface area contributed by atoms with E-state index in [-0.39, 0.29) is 12.4 Å². The van der Waals surface area contributed by atoms with Crippen LogP contribution in [-0.2, 0) is 0 Å². The minimum Gasteiger partial charge on any atom is -0.395 e. The van der Waals surface area contributed by atoms with Crippen LogP contribution < -0.4 is 10.4 Å². The van der Waals surface area contributed by atoms with Crippen LogP contribution in [0, 0.1) is 18.7 Å². The van der Waals surface area contributed by atoms with Gasteiger partial charge < -0.3 is 10.0 Å². The Bertz CT molecular complexity index is 908. The van der Waals surface area contributed by atoms with Crippen LogP contribution in [0.2, 0.25) is 0 Å². The molecule has 1 heterocycles. The standard InChI is InChI=1S/C23H26FNO/c1-16-3-2-4-20-21(18-9-11-25(12-10-18)13-14-26)15-22(23(16)20)17-5-7-19(24)8-6-17/h2-8,18,26H,9-15H2,1H3. The summed E-state index contributed by atoms with van der Waals surface area (Å²) in [7, 11) is 0. The van der Waals surface area contributed by atoms with E-state index >= 15 is 0 Å². The van der Waals surface area contributed by atoms with Gasteiger partial charge in [-0.15, -0.1) is 0 Å². The number of piperidine rings is 1. The number of fused-ring (bicyclic) bond motifs is 1. The third-order valence-electron chi connectivity index (χ3n) is 5.98. The second-order valence-corrected chi connectivity index (χ2v) is 7.52. The summed E-state index contributed by atoms with van der Waals surface area (Å²) in [6, 6.07) is 13.5. The van der Waals surface area contributed by atoms with Crippen LogP contribution in [0.5, 0.6) is 0 Å². The van der Waals surface area contributed by atoms with Crippen LogP contribution >= 0.6 is 0 Å². The van der Waals surface area contributed by atoms with E-state index in [4.69, 9.17) is 5.11 Å². The van der Waals surface area contributed by atoms with Crippen LogP contribution in [0.4, 0.5) is 4.39 Å². The zero-order chi connectivity index (χ0) is 18.1. The first-order chi connectivity index (χ1) is 12.7. The molecule has 2 aromatic rings. The zero-order valence-electron chi connectivity index (χ0n) is 15.3. The Kier molecular flexibility index (Phi) is 4.92. The summed E-state index contributed by atoms with van der Waals surface area (Å²) >= 11 is 0. The molecule has 26 heavy (non-hydrogen) atoms. The molecule has 0 saturated carbocycles. The van der Waals surface area contributed by atoms with Crippen molar-refractivity contribution in [2.45, 2.75) is 26.2 Å². The van der Waals surface area contributed by atoms with Crippen LogP contribution in [0.3, 0.4) is 0 Å². The number of benzene rings is 2. The molecule has 0 unspecified atom stereocenters. The number of aliphatic hydroxyl groups is 1. The monoisotopic (exact) mass is 351 g/mol. The second kappa shape index (κ2) is 7.34. The summed E-state index contributed by atoms with van der Waals surface area (Å²) in [5, 5.41) is 11.9. The molecule has 1 aliphatic heterocycles. The van der Waals surface area contributed by atoms with Gasteiger partial charge in [0.2, 0.25) is 0 Å². The number of aliphatic hydroxyl groups excluding tert-OH is 1. The van der Waals surface area contributed by atoms with Crippen molar-refractivity contribution in [2.75, 3.05) is 26.2 Å². The highest BCUT2D eigenvalue weighted by atomic mass is 19.1. The molecular formula is C23H26FNO. The molecule has 2 aliphatic rings. The van der Waals surface area contributed by atoms with Gasteiger partial charge in [0.25, 0.3) is 0 Å². The first-order valence-corrected chi connectivity index (χ1v) is 9.58. The number of aryl methyl sites for hydroxylation is 1. The van der Waals surface area contributed by atoms with Gasteiger partial charge in [0, 0.05) is 6.54 Å². The summed E-state index contributed by atoms with van der Waals surface area (Å²) in [6.45, 7) is 5.31. The number of halogens is 1. The van der Waals surface area contributed by atoms with Crippen molar-refractivity contribution in [3.8, 4) is 0 Å². The van der Waals surface area contributed by atoms with Gasteiger partial charge in [-0.05, 0) is 84.5 Å². The summed E-state index contributed by atoms with van der Waals surface area (Å²) in [4.78, 5) is 2.35. The van der Waals surface area contributed by atoms with Crippen molar-refractivity contribution in [3.63, 3.8) is 0 Å². The molecule has 1 N–H and O–H groups in total. The van der Waals surface area contributed by atoms with Crippen molar-refractivity contribution in [1.29, 1.82) is 0 Å². The fraction of sp³-hybridized carbons (Fsp3) is 0.391. The molecule has 0 radical (unpaired) electrons. The molecule has 2 nitrogen and oxygen atoms in total. The number of nitrogens with zero attached hydrogens (tertiary/aromatic N) is 1. The van der Waals surface area contributed by atoms with Gasteiger partial charge in [-0.1, -0.05) is 35.9 Å². The van der Waals surface area contributed by atoms with Gasteiger partial charge in [-0.25, -0.2) is 4.39 Å². The molecule has 1 aliphatic carbocycles. The average molecular weight is 351 g/mol. The van der Waals surface area contributed by atoms with Gasteiger partial charge in [0.1, 0.15) is 5.82 Å². The van der Waals surface area contributed by atoms with Crippen LogP contribution in [0.15, 0.2) is 42.5 Å². The Balaban J connectivity index is 1.73. The summed E-state index contributed by atoms with van der Waals surface area (Å²) < 4.78 is 13.4. The largest absolute Gasteiger partial charge is 0.395 e. The SMILES string of the molecule is Cc1cccc2c1=C(c1ccc(F)cc1)CC=2C1CCN(CCO)CC1. The Labute approximate surface area is 154 Å². The highest BCUT2D eigenvalue weighted by Gasteiger charge is 2.26. The minimum absolute atomic E-state index is 0.183. The molecular weight excluding hydrogens is 325 g/mol. The van der Waals surface area contributed by atoms with E-state index in [2.05, 4.69) is 30.0 Å². The summed E-state index contributed by atoms with van der Waals surface area (Å²) in [5.74, 6) is 0.418. The lowest BCUT2D eigenvalue weighted by molar-refractivity contribution is 0.160. The lowest BCUT2D eigenvalue weighted by Gasteiger charge is -2.32. The first kappa shape index (κ1) is 17.4. The molecule has 136 valence electrons. The predicted molar refractivity (Wildman–Crippen MR) is 104 cm³/mol. The maximum Gasteiger partial charge on any atom is 0.123 e. The highest BCUT2D eigenvalue weighted by Crippen LogP contribution is 2.33. The van der Waals surface area contributed by atoms with Crippen LogP contribution in [-0.4, -0.2) is 36.2 Å². The first-order valence-electron chi connectivity index (χ1n) is 9.58. The number of hydrogen-bond acceptors (Lipinski definition) is 2. The van der Waals surface area contributed by atoms with Gasteiger partial charge in [0.15, 0.2) is 0 Å². The van der Waals surface area contributed by atoms with Gasteiger partial charge in [-0.2, -0.15) is 0 Å². The van der Waals surface area contributed by atoms with Crippen molar-refractivity contribution in [1.82, 2.24) is 4.90 Å². The maximum absolute atomic E-state index is 13.4. The lowest BCUT2D eigenvalue weighted by atomic mass is 9.86. The van der Waals surface area contributed by atoms with E-state index in [9.17, 15) is 4.39 Å². The molecule has 0 amide bonds. The predicted octanol–water partition coefficient (Wildman–Crippen LogP) is 2.59. The van der Waals surface area contributed by atoms with E-state index < -0.39 is 0 Å². The van der Waals surface area contributed by atoms with E-state index in [1.807, 2.05) is 12.1 Å². The number of likely N-dealkylation sites (tertiary alicyclic amines) is 1. The van der Waals surface area contributed by atoms with Crippen molar-refractivity contribution in [3.05, 3.63) is 69.8 Å². The second-order valence-electron chi connectivity index (χ2n) is 7.52. The summed E-state index contributed by atoms with van der Waals surface area (Å²) in [5.41, 5.74) is 5.32. The minimum atomic E-state index is -0.183. The Morgan fingerprint density at radius 3 is 2.50 bits per heavy atom. The Morgan fingerprint density at radius 2 is 1.81 bits per heavy atom. The maximum atomic E-state index is 13.4. The molecule has 0 aromatic heterocycles. The van der Waals surface area contributed by atoms with Gasteiger partial charge in [-0.3, -0.25) is 0 Å². The van der Waals surface area contributed by atoms with Crippen molar-refractivity contribution < 1.29 is 9.50 Å². The Morgan fingerprint density at radius 1 is 1.08 bits per heavy atom. The third kappa shape index (κ3) is 3.22. The highest BCUT2D eigenvalue weighted by molar-refractivity contribution is 5.79. The van der Waals surface area contributed by atoms with Gasteiger partial charge in [0.05, 0.1) is 6.61 Å². The van der Waals surface area contributed by atoms with Crippen LogP contribution in [0.25, 0.3) is 11.1 Å². The molecule has 0 spiro atoms.